The van der Waals surface area contributed by atoms with E-state index in [2.05, 4.69) is 15.5 Å². The van der Waals surface area contributed by atoms with Crippen molar-refractivity contribution in [2.45, 2.75) is 32.4 Å². The molecule has 0 aliphatic carbocycles. The molecule has 0 aliphatic rings. The lowest BCUT2D eigenvalue weighted by Gasteiger charge is -2.19. The van der Waals surface area contributed by atoms with Crippen LogP contribution in [0.25, 0.3) is 0 Å². The first kappa shape index (κ1) is 16.9. The zero-order valence-electron chi connectivity index (χ0n) is 12.1. The predicted molar refractivity (Wildman–Crippen MR) is 81.6 cm³/mol. The van der Waals surface area contributed by atoms with Crippen molar-refractivity contribution in [3.05, 3.63) is 33.8 Å². The summed E-state index contributed by atoms with van der Waals surface area (Å²) in [6, 6.07) is 5.19. The van der Waals surface area contributed by atoms with Gasteiger partial charge in [0.2, 0.25) is 11.9 Å². The molecular formula is C13H15Cl2F2N5. The van der Waals surface area contributed by atoms with E-state index in [1.165, 1.54) is 4.68 Å². The van der Waals surface area contributed by atoms with Gasteiger partial charge >= 0.3 is 0 Å². The first-order valence-corrected chi connectivity index (χ1v) is 7.30. The number of benzene rings is 1. The number of tetrazole rings is 1. The average Bonchev–Trinajstić information content (AvgIpc) is 2.82. The lowest BCUT2D eigenvalue weighted by atomic mass is 10.2. The third-order valence-electron chi connectivity index (χ3n) is 2.96. The fourth-order valence-electron chi connectivity index (χ4n) is 1.97. The number of hydrogen-bond donors (Lipinski definition) is 0. The minimum Gasteiger partial charge on any atom is -0.338 e. The van der Waals surface area contributed by atoms with Gasteiger partial charge in [-0.2, -0.15) is 0 Å². The van der Waals surface area contributed by atoms with Crippen LogP contribution in [0.4, 0.5) is 14.7 Å². The first-order chi connectivity index (χ1) is 10.2. The van der Waals surface area contributed by atoms with Crippen molar-refractivity contribution in [1.82, 2.24) is 20.2 Å². The summed E-state index contributed by atoms with van der Waals surface area (Å²) < 4.78 is 27.3. The highest BCUT2D eigenvalue weighted by atomic mass is 35.5. The number of aryl methyl sites for hydroxylation is 1. The molecule has 0 saturated heterocycles. The number of rotatable bonds is 6. The van der Waals surface area contributed by atoms with Crippen molar-refractivity contribution in [3.8, 4) is 0 Å². The van der Waals surface area contributed by atoms with E-state index < -0.39 is 5.92 Å². The number of hydrogen-bond acceptors (Lipinski definition) is 4. The van der Waals surface area contributed by atoms with Crippen LogP contribution in [0.15, 0.2) is 18.2 Å². The minimum atomic E-state index is -2.76. The highest BCUT2D eigenvalue weighted by Crippen LogP contribution is 2.22. The zero-order chi connectivity index (χ0) is 16.3. The standard InChI is InChI=1S/C13H15Cl2F2N5/c1-13(16,17)3-4-22-12(18-19-20-22)21(2)8-9-5-10(14)7-11(15)6-9/h5-7H,3-4,8H2,1-2H3. The minimum absolute atomic E-state index is 0.0342. The first-order valence-electron chi connectivity index (χ1n) is 6.55. The Labute approximate surface area is 136 Å². The summed E-state index contributed by atoms with van der Waals surface area (Å²) in [4.78, 5) is 1.75. The van der Waals surface area contributed by atoms with Crippen LogP contribution in [-0.4, -0.2) is 33.2 Å². The molecule has 5 nitrogen and oxygen atoms in total. The van der Waals surface area contributed by atoms with Crippen LogP contribution >= 0.6 is 23.2 Å². The summed E-state index contributed by atoms with van der Waals surface area (Å²) in [5.41, 5.74) is 0.871. The van der Waals surface area contributed by atoms with Crippen LogP contribution in [0.2, 0.25) is 10.0 Å². The Morgan fingerprint density at radius 1 is 1.23 bits per heavy atom. The van der Waals surface area contributed by atoms with Gasteiger partial charge in [0.15, 0.2) is 0 Å². The maximum Gasteiger partial charge on any atom is 0.247 e. The van der Waals surface area contributed by atoms with Crippen molar-refractivity contribution in [2.75, 3.05) is 11.9 Å². The molecule has 0 spiro atoms. The van der Waals surface area contributed by atoms with E-state index in [-0.39, 0.29) is 13.0 Å². The molecular weight excluding hydrogens is 335 g/mol. The van der Waals surface area contributed by atoms with Crippen molar-refractivity contribution in [2.24, 2.45) is 0 Å². The molecule has 1 aromatic carbocycles. The van der Waals surface area contributed by atoms with E-state index >= 15 is 0 Å². The smallest absolute Gasteiger partial charge is 0.247 e. The van der Waals surface area contributed by atoms with Crippen LogP contribution in [0.5, 0.6) is 0 Å². The average molecular weight is 350 g/mol. The van der Waals surface area contributed by atoms with Crippen molar-refractivity contribution >= 4 is 29.2 Å². The molecule has 0 bridgehead atoms. The van der Waals surface area contributed by atoms with Gasteiger partial charge in [-0.15, -0.1) is 0 Å². The Balaban J connectivity index is 2.09. The van der Waals surface area contributed by atoms with Gasteiger partial charge < -0.3 is 4.90 Å². The van der Waals surface area contributed by atoms with E-state index in [9.17, 15) is 8.78 Å². The SMILES string of the molecule is CN(Cc1cc(Cl)cc(Cl)c1)c1nnnn1CCC(C)(F)F. The number of alkyl halides is 2. The third-order valence-corrected chi connectivity index (χ3v) is 3.40. The largest absolute Gasteiger partial charge is 0.338 e. The molecule has 0 unspecified atom stereocenters. The maximum absolute atomic E-state index is 13.0. The van der Waals surface area contributed by atoms with Gasteiger partial charge in [0.1, 0.15) is 0 Å². The zero-order valence-corrected chi connectivity index (χ0v) is 13.6. The van der Waals surface area contributed by atoms with Crippen molar-refractivity contribution in [3.63, 3.8) is 0 Å². The second-order valence-electron chi connectivity index (χ2n) is 5.16. The normalized spacial score (nSPS) is 11.7. The summed E-state index contributed by atoms with van der Waals surface area (Å²) in [6.45, 7) is 1.35. The Morgan fingerprint density at radius 3 is 2.45 bits per heavy atom. The molecule has 2 rings (SSSR count). The molecule has 0 N–H and O–H groups in total. The molecule has 1 heterocycles. The van der Waals surface area contributed by atoms with Gasteiger partial charge in [-0.1, -0.05) is 28.3 Å². The number of aromatic nitrogens is 4. The fraction of sp³-hybridized carbons (Fsp3) is 0.462. The van der Waals surface area contributed by atoms with Gasteiger partial charge in [0.25, 0.3) is 0 Å². The van der Waals surface area contributed by atoms with E-state index in [1.807, 2.05) is 0 Å². The monoisotopic (exact) mass is 349 g/mol. The molecule has 0 atom stereocenters. The summed E-state index contributed by atoms with van der Waals surface area (Å²) in [5.74, 6) is -2.36. The van der Waals surface area contributed by atoms with Crippen molar-refractivity contribution in [1.29, 1.82) is 0 Å². The highest BCUT2D eigenvalue weighted by molar-refractivity contribution is 6.34. The summed E-state index contributed by atoms with van der Waals surface area (Å²) in [6.07, 6.45) is -0.331. The Bertz CT molecular complexity index is 621. The molecule has 9 heteroatoms. The molecule has 0 aliphatic heterocycles. The van der Waals surface area contributed by atoms with Crippen LogP contribution in [-0.2, 0) is 13.1 Å². The lowest BCUT2D eigenvalue weighted by Crippen LogP contribution is -2.23. The van der Waals surface area contributed by atoms with E-state index in [4.69, 9.17) is 23.2 Å². The molecule has 0 radical (unpaired) electrons. The highest BCUT2D eigenvalue weighted by Gasteiger charge is 2.22. The Hall–Kier alpha value is -1.47. The molecule has 120 valence electrons. The van der Waals surface area contributed by atoms with Gasteiger partial charge in [-0.25, -0.2) is 13.5 Å². The Kier molecular flexibility index (Phi) is 5.18. The summed E-state index contributed by atoms with van der Waals surface area (Å²) >= 11 is 11.9. The molecule has 0 amide bonds. The van der Waals surface area contributed by atoms with E-state index in [1.54, 1.807) is 30.1 Å². The number of anilines is 1. The molecule has 2 aromatic rings. The van der Waals surface area contributed by atoms with Gasteiger partial charge in [-0.3, -0.25) is 0 Å². The van der Waals surface area contributed by atoms with Crippen molar-refractivity contribution < 1.29 is 8.78 Å². The Morgan fingerprint density at radius 2 is 1.86 bits per heavy atom. The summed E-state index contributed by atoms with van der Waals surface area (Å²) in [7, 11) is 1.76. The predicted octanol–water partition coefficient (Wildman–Crippen LogP) is 3.66. The molecule has 0 saturated carbocycles. The third kappa shape index (κ3) is 4.78. The van der Waals surface area contributed by atoms with Crippen LogP contribution < -0.4 is 4.90 Å². The second-order valence-corrected chi connectivity index (χ2v) is 6.03. The van der Waals surface area contributed by atoms with E-state index in [0.29, 0.717) is 22.5 Å². The quantitative estimate of drug-likeness (QED) is 0.798. The summed E-state index contributed by atoms with van der Waals surface area (Å²) in [5, 5.41) is 12.2. The van der Waals surface area contributed by atoms with Gasteiger partial charge in [0.05, 0.1) is 6.54 Å². The van der Waals surface area contributed by atoms with Crippen LogP contribution in [0.1, 0.15) is 18.9 Å². The number of halogens is 4. The molecule has 0 fully saturated rings. The maximum atomic E-state index is 13.0. The molecule has 1 aromatic heterocycles. The number of nitrogens with zero attached hydrogens (tertiary/aromatic N) is 5. The van der Waals surface area contributed by atoms with Crippen LogP contribution in [0, 0.1) is 0 Å². The van der Waals surface area contributed by atoms with E-state index in [0.717, 1.165) is 12.5 Å². The van der Waals surface area contributed by atoms with Crippen LogP contribution in [0.3, 0.4) is 0 Å². The topological polar surface area (TPSA) is 46.8 Å². The fourth-order valence-corrected chi connectivity index (χ4v) is 2.54. The van der Waals surface area contributed by atoms with Gasteiger partial charge in [-0.05, 0) is 41.1 Å². The second kappa shape index (κ2) is 6.75. The van der Waals surface area contributed by atoms with Gasteiger partial charge in [0, 0.05) is 30.1 Å². The molecule has 22 heavy (non-hydrogen) atoms. The lowest BCUT2D eigenvalue weighted by molar-refractivity contribution is 0.00777.